The van der Waals surface area contributed by atoms with Gasteiger partial charge >= 0.3 is 0 Å². The second-order valence-corrected chi connectivity index (χ2v) is 18.6. The lowest BCUT2D eigenvalue weighted by Crippen LogP contribution is -2.67. The van der Waals surface area contributed by atoms with E-state index in [9.17, 15) is 15.0 Å². The summed E-state index contributed by atoms with van der Waals surface area (Å²) in [6, 6.07) is 27.8. The summed E-state index contributed by atoms with van der Waals surface area (Å²) < 4.78 is 16.9. The summed E-state index contributed by atoms with van der Waals surface area (Å²) in [6.07, 6.45) is 2.96. The molecular formula is C47H51Cl2FN4O5. The normalized spacial score (nSPS) is 29.4. The Morgan fingerprint density at radius 2 is 1.51 bits per heavy atom. The van der Waals surface area contributed by atoms with Gasteiger partial charge < -0.3 is 26.2 Å². The van der Waals surface area contributed by atoms with Gasteiger partial charge in [-0.1, -0.05) is 116 Å². The summed E-state index contributed by atoms with van der Waals surface area (Å²) in [5.74, 6) is -4.09. The van der Waals surface area contributed by atoms with Crippen LogP contribution in [0, 0.1) is 17.2 Å². The molecule has 310 valence electrons. The summed E-state index contributed by atoms with van der Waals surface area (Å²) in [5.41, 5.74) is -0.268. The lowest BCUT2D eigenvalue weighted by molar-refractivity contribution is -0.127. The summed E-state index contributed by atoms with van der Waals surface area (Å²) in [7, 11) is 0. The van der Waals surface area contributed by atoms with Crippen LogP contribution < -0.4 is 21.3 Å². The Morgan fingerprint density at radius 3 is 2.17 bits per heavy atom. The van der Waals surface area contributed by atoms with Crippen LogP contribution in [0.1, 0.15) is 99.0 Å². The van der Waals surface area contributed by atoms with Crippen LogP contribution in [0.4, 0.5) is 10.1 Å². The van der Waals surface area contributed by atoms with Crippen LogP contribution in [0.25, 0.3) is 0 Å². The van der Waals surface area contributed by atoms with Crippen LogP contribution in [0.15, 0.2) is 97.1 Å². The van der Waals surface area contributed by atoms with Crippen LogP contribution in [0.2, 0.25) is 10.0 Å². The first-order valence-electron chi connectivity index (χ1n) is 20.6. The van der Waals surface area contributed by atoms with E-state index in [1.807, 2.05) is 66.7 Å². The first-order chi connectivity index (χ1) is 28.3. The minimum Gasteiger partial charge on any atom is -0.388 e. The van der Waals surface area contributed by atoms with E-state index in [2.05, 4.69) is 35.1 Å². The number of nitrogens with one attached hydrogen (secondary N) is 4. The third-order valence-electron chi connectivity index (χ3n) is 13.8. The SMILES string of the molecule is CC1(C)CC[C@@]2(N[C@@H](C(=O)NC3CCC(NC(=O)CO)CC3)[C@H](c3cccc(Cl)c3F)[C@]23C(=O)Nc2cc(Cl)ccc23)[C@@H]([C@H](c2ccccc2)[C@H](O)c2ccccc2)C1. The number of carbonyl (C=O) groups excluding carboxylic acids is 3. The van der Waals surface area contributed by atoms with Gasteiger partial charge in [0.2, 0.25) is 17.7 Å². The molecule has 2 spiro atoms. The Kier molecular flexibility index (Phi) is 11.4. The van der Waals surface area contributed by atoms with Gasteiger partial charge in [0.05, 0.1) is 17.2 Å². The van der Waals surface area contributed by atoms with Crippen molar-refractivity contribution in [2.45, 2.75) is 106 Å². The van der Waals surface area contributed by atoms with Crippen LogP contribution in [-0.4, -0.2) is 58.2 Å². The zero-order chi connectivity index (χ0) is 41.7. The first-order valence-corrected chi connectivity index (χ1v) is 21.4. The van der Waals surface area contributed by atoms with Crippen LogP contribution >= 0.6 is 23.2 Å². The number of aliphatic hydroxyl groups excluding tert-OH is 2. The van der Waals surface area contributed by atoms with Crippen molar-refractivity contribution >= 4 is 46.6 Å². The number of aliphatic hydroxyl groups is 2. The van der Waals surface area contributed by atoms with Gasteiger partial charge in [0.25, 0.3) is 0 Å². The molecule has 8 rings (SSSR count). The maximum Gasteiger partial charge on any atom is 0.245 e. The summed E-state index contributed by atoms with van der Waals surface area (Å²) >= 11 is 13.2. The topological polar surface area (TPSA) is 140 Å². The molecule has 1 saturated heterocycles. The highest BCUT2D eigenvalue weighted by Crippen LogP contribution is 2.68. The molecule has 3 fully saturated rings. The third-order valence-corrected chi connectivity index (χ3v) is 14.3. The minimum atomic E-state index is -1.60. The highest BCUT2D eigenvalue weighted by atomic mass is 35.5. The van der Waals surface area contributed by atoms with Crippen molar-refractivity contribution in [3.05, 3.63) is 135 Å². The fraction of sp³-hybridized carbons (Fsp3) is 0.426. The number of fused-ring (bicyclic) bond motifs is 3. The highest BCUT2D eigenvalue weighted by Gasteiger charge is 2.76. The molecule has 2 heterocycles. The average molecular weight is 842 g/mol. The largest absolute Gasteiger partial charge is 0.388 e. The highest BCUT2D eigenvalue weighted by molar-refractivity contribution is 6.31. The zero-order valence-corrected chi connectivity index (χ0v) is 34.7. The van der Waals surface area contributed by atoms with Crippen molar-refractivity contribution in [3.8, 4) is 0 Å². The van der Waals surface area contributed by atoms with Crippen molar-refractivity contribution in [2.75, 3.05) is 11.9 Å². The van der Waals surface area contributed by atoms with Gasteiger partial charge in [-0.25, -0.2) is 4.39 Å². The van der Waals surface area contributed by atoms with Crippen molar-refractivity contribution in [1.29, 1.82) is 0 Å². The number of rotatable bonds is 9. The number of hydrogen-bond donors (Lipinski definition) is 6. The standard InChI is InChI=1S/C47H51Cl2FN4O5/c1-45(2)22-23-46(34(25-45)38(27-10-5-3-6-11-27)42(57)28-12-7-4-8-13-28)47(33-21-16-29(48)24-36(33)53-44(47)59)39(32-14-9-15-35(49)40(32)50)41(54-46)43(58)52-31-19-17-30(18-20-31)51-37(56)26-55/h3-16,21,24,30-31,34,38-39,41-42,54-55,57H,17-20,22-23,25-26H2,1-2H3,(H,51,56)(H,52,58)(H,53,59)/t30?,31?,34-,38+,39+,41-,42-,46-,47-/m1/s1. The molecule has 4 aromatic rings. The Hall–Kier alpha value is -4.32. The van der Waals surface area contributed by atoms with Crippen molar-refractivity contribution in [3.63, 3.8) is 0 Å². The Balaban J connectivity index is 1.35. The molecule has 2 saturated carbocycles. The van der Waals surface area contributed by atoms with Crippen LogP contribution in [-0.2, 0) is 19.8 Å². The number of hydrogen-bond acceptors (Lipinski definition) is 6. The van der Waals surface area contributed by atoms with Gasteiger partial charge in [-0.3, -0.25) is 19.7 Å². The lowest BCUT2D eigenvalue weighted by Gasteiger charge is -2.57. The summed E-state index contributed by atoms with van der Waals surface area (Å²) in [5, 5.41) is 35.5. The molecule has 9 nitrogen and oxygen atoms in total. The smallest absolute Gasteiger partial charge is 0.245 e. The van der Waals surface area contributed by atoms with E-state index in [-0.39, 0.29) is 39.9 Å². The fourth-order valence-corrected chi connectivity index (χ4v) is 11.6. The molecule has 0 radical (unpaired) electrons. The van der Waals surface area contributed by atoms with E-state index >= 15 is 14.0 Å². The van der Waals surface area contributed by atoms with Crippen molar-refractivity contribution < 1.29 is 29.0 Å². The molecule has 0 unspecified atom stereocenters. The minimum absolute atomic E-state index is 0.126. The molecule has 6 N–H and O–H groups in total. The van der Waals surface area contributed by atoms with E-state index in [4.69, 9.17) is 23.2 Å². The second-order valence-electron chi connectivity index (χ2n) is 17.7. The molecule has 4 aromatic carbocycles. The second kappa shape index (κ2) is 16.3. The number of carbonyl (C=O) groups is 3. The predicted molar refractivity (Wildman–Crippen MR) is 227 cm³/mol. The molecule has 59 heavy (non-hydrogen) atoms. The number of anilines is 1. The van der Waals surface area contributed by atoms with E-state index < -0.39 is 59.2 Å². The zero-order valence-electron chi connectivity index (χ0n) is 33.2. The summed E-state index contributed by atoms with van der Waals surface area (Å²) in [6.45, 7) is 3.81. The maximum atomic E-state index is 16.9. The maximum absolute atomic E-state index is 16.9. The van der Waals surface area contributed by atoms with Gasteiger partial charge in [-0.05, 0) is 96.7 Å². The Morgan fingerprint density at radius 1 is 0.864 bits per heavy atom. The van der Waals surface area contributed by atoms with E-state index in [0.29, 0.717) is 66.8 Å². The Labute approximate surface area is 354 Å². The summed E-state index contributed by atoms with van der Waals surface area (Å²) in [4.78, 5) is 42.8. The van der Waals surface area contributed by atoms with Crippen molar-refractivity contribution in [2.24, 2.45) is 11.3 Å². The van der Waals surface area contributed by atoms with Crippen LogP contribution in [0.5, 0.6) is 0 Å². The lowest BCUT2D eigenvalue weighted by atomic mass is 9.47. The van der Waals surface area contributed by atoms with Gasteiger partial charge in [0.15, 0.2) is 0 Å². The van der Waals surface area contributed by atoms with Gasteiger partial charge in [0, 0.05) is 40.2 Å². The van der Waals surface area contributed by atoms with Gasteiger partial charge in [-0.2, -0.15) is 0 Å². The number of amides is 3. The monoisotopic (exact) mass is 840 g/mol. The molecular weight excluding hydrogens is 790 g/mol. The molecule has 3 amide bonds. The molecule has 4 aliphatic rings. The number of benzene rings is 4. The number of halogens is 3. The molecule has 2 aliphatic carbocycles. The quantitative estimate of drug-likeness (QED) is 0.102. The molecule has 12 heteroatoms. The molecule has 0 bridgehead atoms. The molecule has 0 aromatic heterocycles. The predicted octanol–water partition coefficient (Wildman–Crippen LogP) is 7.70. The van der Waals surface area contributed by atoms with Gasteiger partial charge in [-0.15, -0.1) is 0 Å². The van der Waals surface area contributed by atoms with Gasteiger partial charge in [0.1, 0.15) is 17.8 Å². The first kappa shape index (κ1) is 41.4. The fourth-order valence-electron chi connectivity index (χ4n) is 11.3. The van der Waals surface area contributed by atoms with E-state index in [1.54, 1.807) is 24.3 Å². The van der Waals surface area contributed by atoms with E-state index in [0.717, 1.165) is 5.56 Å². The molecule has 7 atom stereocenters. The van der Waals surface area contributed by atoms with Crippen molar-refractivity contribution in [1.82, 2.24) is 16.0 Å². The third kappa shape index (κ3) is 7.24. The molecule has 2 aliphatic heterocycles. The van der Waals surface area contributed by atoms with Crippen LogP contribution in [0.3, 0.4) is 0 Å². The average Bonchev–Trinajstić information content (AvgIpc) is 3.70. The van der Waals surface area contributed by atoms with E-state index in [1.165, 1.54) is 6.07 Å². The Bertz CT molecular complexity index is 2220.